The summed E-state index contributed by atoms with van der Waals surface area (Å²) in [6, 6.07) is 6.67. The van der Waals surface area contributed by atoms with E-state index < -0.39 is 18.4 Å². The topological polar surface area (TPSA) is 102 Å². The van der Waals surface area contributed by atoms with E-state index in [1.54, 1.807) is 24.3 Å². The fraction of sp³-hybridized carbons (Fsp3) is 0.421. The molecule has 1 heterocycles. The Morgan fingerprint density at radius 1 is 1.11 bits per heavy atom. The number of carbonyl (C=O) groups excluding carboxylic acids is 1. The van der Waals surface area contributed by atoms with Crippen LogP contribution in [0.1, 0.15) is 42.6 Å². The Balaban J connectivity index is 2.31. The third kappa shape index (κ3) is 5.22. The van der Waals surface area contributed by atoms with Crippen LogP contribution in [-0.4, -0.2) is 47.8 Å². The predicted molar refractivity (Wildman–Crippen MR) is 97.1 cm³/mol. The molecule has 1 aromatic heterocycles. The molecule has 8 heteroatoms. The predicted octanol–water partition coefficient (Wildman–Crippen LogP) is 2.72. The minimum absolute atomic E-state index is 0.0520. The van der Waals surface area contributed by atoms with E-state index in [1.807, 2.05) is 20.8 Å². The average Bonchev–Trinajstić information content (AvgIpc) is 3.10. The third-order valence-electron chi connectivity index (χ3n) is 3.87. The van der Waals surface area contributed by atoms with Crippen molar-refractivity contribution in [2.45, 2.75) is 32.7 Å². The number of hydrogen-bond acceptors (Lipinski definition) is 6. The quantitative estimate of drug-likeness (QED) is 0.792. The zero-order chi connectivity index (χ0) is 20.2. The first kappa shape index (κ1) is 20.3. The largest absolute Gasteiger partial charge is 0.497 e. The molecule has 0 radical (unpaired) electrons. The van der Waals surface area contributed by atoms with Gasteiger partial charge in [0, 0.05) is 24.1 Å². The Bertz CT molecular complexity index is 800. The number of hydrogen-bond donors (Lipinski definition) is 1. The van der Waals surface area contributed by atoms with Crippen molar-refractivity contribution in [2.24, 2.45) is 0 Å². The van der Waals surface area contributed by atoms with Gasteiger partial charge in [0.15, 0.2) is 5.69 Å². The highest BCUT2D eigenvalue weighted by molar-refractivity contribution is 5.94. The van der Waals surface area contributed by atoms with Crippen molar-refractivity contribution in [2.75, 3.05) is 20.8 Å². The van der Waals surface area contributed by atoms with Crippen molar-refractivity contribution < 1.29 is 28.7 Å². The molecule has 146 valence electrons. The van der Waals surface area contributed by atoms with Gasteiger partial charge in [-0.3, -0.25) is 9.59 Å². The van der Waals surface area contributed by atoms with E-state index in [0.717, 1.165) is 0 Å². The molecule has 2 aromatic rings. The van der Waals surface area contributed by atoms with E-state index in [4.69, 9.17) is 14.0 Å². The minimum Gasteiger partial charge on any atom is -0.497 e. The van der Waals surface area contributed by atoms with E-state index >= 15 is 0 Å². The molecular weight excluding hydrogens is 352 g/mol. The second-order valence-corrected chi connectivity index (χ2v) is 7.10. The summed E-state index contributed by atoms with van der Waals surface area (Å²) in [5.41, 5.74) is 0.417. The Hall–Kier alpha value is -3.03. The van der Waals surface area contributed by atoms with Gasteiger partial charge in [-0.1, -0.05) is 25.9 Å². The second-order valence-electron chi connectivity index (χ2n) is 7.10. The number of methoxy groups -OCH3 is 2. The maximum Gasteiger partial charge on any atom is 0.323 e. The molecule has 0 unspecified atom stereocenters. The van der Waals surface area contributed by atoms with Crippen LogP contribution in [0.5, 0.6) is 11.5 Å². The Kier molecular flexibility index (Phi) is 6.09. The van der Waals surface area contributed by atoms with Crippen LogP contribution in [0.15, 0.2) is 28.8 Å². The Morgan fingerprint density at radius 3 is 2.15 bits per heavy atom. The lowest BCUT2D eigenvalue weighted by Gasteiger charge is -2.20. The first-order valence-corrected chi connectivity index (χ1v) is 8.34. The van der Waals surface area contributed by atoms with Crippen molar-refractivity contribution >= 4 is 11.9 Å². The molecular formula is C19H24N2O6. The summed E-state index contributed by atoms with van der Waals surface area (Å²) in [6.07, 6.45) is 0. The fourth-order valence-corrected chi connectivity index (χ4v) is 2.43. The fourth-order valence-electron chi connectivity index (χ4n) is 2.43. The number of nitrogens with zero attached hydrogens (tertiary/aromatic N) is 2. The molecule has 1 amide bonds. The molecule has 0 aliphatic carbocycles. The number of rotatable bonds is 7. The van der Waals surface area contributed by atoms with Crippen LogP contribution < -0.4 is 9.47 Å². The average molecular weight is 376 g/mol. The van der Waals surface area contributed by atoms with Crippen molar-refractivity contribution in [1.82, 2.24) is 10.1 Å². The van der Waals surface area contributed by atoms with E-state index in [1.165, 1.54) is 19.1 Å². The van der Waals surface area contributed by atoms with Gasteiger partial charge >= 0.3 is 5.97 Å². The van der Waals surface area contributed by atoms with Crippen LogP contribution >= 0.6 is 0 Å². The smallest absolute Gasteiger partial charge is 0.323 e. The lowest BCUT2D eigenvalue weighted by atomic mass is 9.93. The molecule has 0 bridgehead atoms. The van der Waals surface area contributed by atoms with Gasteiger partial charge in [0.1, 0.15) is 23.8 Å². The number of benzene rings is 1. The van der Waals surface area contributed by atoms with E-state index in [0.29, 0.717) is 22.8 Å². The maximum absolute atomic E-state index is 12.8. The number of carboxylic acid groups (broad SMARTS) is 1. The number of amides is 1. The van der Waals surface area contributed by atoms with Crippen molar-refractivity contribution in [1.29, 1.82) is 0 Å². The molecule has 0 saturated carbocycles. The third-order valence-corrected chi connectivity index (χ3v) is 3.87. The molecule has 0 aliphatic rings. The summed E-state index contributed by atoms with van der Waals surface area (Å²) in [7, 11) is 3.03. The van der Waals surface area contributed by atoms with Crippen molar-refractivity contribution in [3.63, 3.8) is 0 Å². The summed E-state index contributed by atoms with van der Waals surface area (Å²) in [5.74, 6) is -0.0209. The molecule has 27 heavy (non-hydrogen) atoms. The number of aliphatic carboxylic acids is 1. The zero-order valence-electron chi connectivity index (χ0n) is 16.1. The van der Waals surface area contributed by atoms with Crippen LogP contribution in [0.3, 0.4) is 0 Å². The number of carboxylic acids is 1. The van der Waals surface area contributed by atoms with Crippen LogP contribution in [0.25, 0.3) is 0 Å². The van der Waals surface area contributed by atoms with Gasteiger partial charge < -0.3 is 24.0 Å². The highest BCUT2D eigenvalue weighted by Crippen LogP contribution is 2.25. The van der Waals surface area contributed by atoms with E-state index in [9.17, 15) is 14.7 Å². The zero-order valence-corrected chi connectivity index (χ0v) is 16.1. The summed E-state index contributed by atoms with van der Waals surface area (Å²) >= 11 is 0. The second kappa shape index (κ2) is 8.11. The number of aromatic nitrogens is 1. The summed E-state index contributed by atoms with van der Waals surface area (Å²) in [4.78, 5) is 25.3. The summed E-state index contributed by atoms with van der Waals surface area (Å²) in [6.45, 7) is 5.37. The number of ether oxygens (including phenoxy) is 2. The van der Waals surface area contributed by atoms with Crippen LogP contribution in [0, 0.1) is 0 Å². The lowest BCUT2D eigenvalue weighted by Crippen LogP contribution is -2.35. The van der Waals surface area contributed by atoms with Gasteiger partial charge in [0.2, 0.25) is 0 Å². The Morgan fingerprint density at radius 2 is 1.70 bits per heavy atom. The molecule has 0 saturated heterocycles. The van der Waals surface area contributed by atoms with Gasteiger partial charge in [-0.05, 0) is 17.7 Å². The van der Waals surface area contributed by atoms with Gasteiger partial charge in [0.25, 0.3) is 5.91 Å². The Labute approximate surface area is 157 Å². The molecule has 1 N–H and O–H groups in total. The van der Waals surface area contributed by atoms with E-state index in [2.05, 4.69) is 5.16 Å². The highest BCUT2D eigenvalue weighted by atomic mass is 16.5. The molecule has 8 nitrogen and oxygen atoms in total. The van der Waals surface area contributed by atoms with Crippen LogP contribution in [-0.2, 0) is 16.8 Å². The molecule has 1 aromatic carbocycles. The van der Waals surface area contributed by atoms with E-state index in [-0.39, 0.29) is 17.7 Å². The summed E-state index contributed by atoms with van der Waals surface area (Å²) < 4.78 is 15.7. The van der Waals surface area contributed by atoms with Gasteiger partial charge in [0.05, 0.1) is 14.2 Å². The number of carbonyl (C=O) groups is 2. The maximum atomic E-state index is 12.8. The van der Waals surface area contributed by atoms with Crippen molar-refractivity contribution in [3.8, 4) is 11.5 Å². The minimum atomic E-state index is -1.13. The lowest BCUT2D eigenvalue weighted by molar-refractivity contribution is -0.137. The molecule has 0 aliphatic heterocycles. The molecule has 2 rings (SSSR count). The SMILES string of the molecule is COc1cc(CN(CC(=O)O)C(=O)c2cc(C(C)(C)C)on2)cc(OC)c1. The summed E-state index contributed by atoms with van der Waals surface area (Å²) in [5, 5.41) is 13.0. The van der Waals surface area contributed by atoms with Gasteiger partial charge in [-0.25, -0.2) is 0 Å². The van der Waals surface area contributed by atoms with Gasteiger partial charge in [-0.15, -0.1) is 0 Å². The standard InChI is InChI=1S/C19H24N2O6/c1-19(2,3)16-9-15(20-27-16)18(24)21(11-17(22)23)10-12-6-13(25-4)8-14(7-12)26-5/h6-9H,10-11H2,1-5H3,(H,22,23). The first-order chi connectivity index (χ1) is 12.6. The normalized spacial score (nSPS) is 11.1. The van der Waals surface area contributed by atoms with Crippen molar-refractivity contribution in [3.05, 3.63) is 41.3 Å². The molecule has 0 fully saturated rings. The molecule has 0 spiro atoms. The molecule has 0 atom stereocenters. The van der Waals surface area contributed by atoms with Gasteiger partial charge in [-0.2, -0.15) is 0 Å². The van der Waals surface area contributed by atoms with Crippen LogP contribution in [0.2, 0.25) is 0 Å². The first-order valence-electron chi connectivity index (χ1n) is 8.34. The van der Waals surface area contributed by atoms with Crippen LogP contribution in [0.4, 0.5) is 0 Å². The highest BCUT2D eigenvalue weighted by Gasteiger charge is 2.26. The monoisotopic (exact) mass is 376 g/mol.